The van der Waals surface area contributed by atoms with Crippen LogP contribution in [0.2, 0.25) is 0 Å². The van der Waals surface area contributed by atoms with E-state index in [1.807, 2.05) is 0 Å². The van der Waals surface area contributed by atoms with Gasteiger partial charge in [-0.2, -0.15) is 19.6 Å². The molecular weight excluding hydrogens is 1260 g/mol. The zero-order chi connectivity index (χ0) is 60.3. The number of para-hydroxylation sites is 4. The molecule has 0 heterocycles. The Morgan fingerprint density at radius 1 is 0.349 bits per heavy atom. The SMILES string of the molecule is CC[N+](CC)(CC)CC.CC[N+](CC)(CC)CC.CN(C)C=O.CN(C)C=O.[Ni+2].[Ni+2].[Ni+2].[O-]C(=Nc1ccccc1N=C([O-])c1ccccc1[S-])c1ccccc1[S-].[O-]C(=Nc1ccccc1N=C([O-])c1ccccc1[S-])c1ccccc1[S-]. The Morgan fingerprint density at radius 2 is 0.494 bits per heavy atom. The Hall–Kier alpha value is -5.58. The second-order valence-electron chi connectivity index (χ2n) is 18.0. The summed E-state index contributed by atoms with van der Waals surface area (Å²) in [6, 6.07) is 40.4. The molecule has 14 nitrogen and oxygen atoms in total. The molecule has 0 aliphatic carbocycles. The Morgan fingerprint density at radius 3 is 0.614 bits per heavy atom. The summed E-state index contributed by atoms with van der Waals surface area (Å²) in [7, 11) is 6.75. The van der Waals surface area contributed by atoms with Gasteiger partial charge in [-0.05, 0) is 126 Å². The number of carbonyl (C=O) groups excluding carboxylic acids is 2. The molecular formula is C62H78N8Ni3O6S4. The topological polar surface area (TPSA) is 182 Å². The molecule has 0 radical (unpaired) electrons. The molecule has 0 atom stereocenters. The molecule has 0 fully saturated rings. The molecule has 0 aliphatic heterocycles. The summed E-state index contributed by atoms with van der Waals surface area (Å²) in [6.45, 7) is 28.4. The molecule has 6 aromatic rings. The third-order valence-corrected chi connectivity index (χ3v) is 14.3. The van der Waals surface area contributed by atoms with Crippen molar-refractivity contribution in [3.05, 3.63) is 168 Å². The van der Waals surface area contributed by atoms with Gasteiger partial charge in [0, 0.05) is 28.2 Å². The normalized spacial score (nSPS) is 11.0. The van der Waals surface area contributed by atoms with E-state index in [9.17, 15) is 30.0 Å². The molecule has 6 rings (SSSR count). The van der Waals surface area contributed by atoms with E-state index in [4.69, 9.17) is 50.5 Å². The molecule has 83 heavy (non-hydrogen) atoms. The summed E-state index contributed by atoms with van der Waals surface area (Å²) >= 11 is 20.6. The molecule has 456 valence electrons. The fourth-order valence-corrected chi connectivity index (χ4v) is 8.18. The van der Waals surface area contributed by atoms with Gasteiger partial charge < -0.3 is 89.7 Å². The number of aliphatic imine (C=N–C) groups is 4. The van der Waals surface area contributed by atoms with E-state index in [1.54, 1.807) is 174 Å². The number of hydrogen-bond donors (Lipinski definition) is 0. The summed E-state index contributed by atoms with van der Waals surface area (Å²) in [4.78, 5) is 39.8. The zero-order valence-electron chi connectivity index (χ0n) is 49.3. The predicted octanol–water partition coefficient (Wildman–Crippen LogP) is 7.92. The third-order valence-electron chi connectivity index (χ3n) is 12.9. The minimum Gasteiger partial charge on any atom is -0.858 e. The van der Waals surface area contributed by atoms with Crippen LogP contribution in [0.5, 0.6) is 0 Å². The number of amides is 2. The first-order valence-electron chi connectivity index (χ1n) is 26.3. The van der Waals surface area contributed by atoms with E-state index in [0.717, 1.165) is 12.8 Å². The van der Waals surface area contributed by atoms with Gasteiger partial charge in [0.15, 0.2) is 0 Å². The van der Waals surface area contributed by atoms with E-state index < -0.39 is 23.6 Å². The monoisotopic (exact) mass is 1330 g/mol. The van der Waals surface area contributed by atoms with Crippen LogP contribution in [0.4, 0.5) is 22.7 Å². The quantitative estimate of drug-likeness (QED) is 0.0205. The van der Waals surface area contributed by atoms with Gasteiger partial charge in [0.05, 0.1) is 75.1 Å². The minimum atomic E-state index is -0.477. The van der Waals surface area contributed by atoms with Crippen molar-refractivity contribution in [2.24, 2.45) is 20.0 Å². The Kier molecular flexibility index (Phi) is 44.1. The van der Waals surface area contributed by atoms with Gasteiger partial charge in [0.1, 0.15) is 0 Å². The van der Waals surface area contributed by atoms with Crippen LogP contribution in [0.15, 0.2) is 185 Å². The van der Waals surface area contributed by atoms with Crippen LogP contribution in [0.1, 0.15) is 77.6 Å². The smallest absolute Gasteiger partial charge is 0.858 e. The fourth-order valence-electron chi connectivity index (χ4n) is 7.24. The van der Waals surface area contributed by atoms with E-state index in [0.29, 0.717) is 64.6 Å². The molecule has 2 amide bonds. The first-order valence-corrected chi connectivity index (χ1v) is 28.0. The Balaban J connectivity index is -0.00000104. The van der Waals surface area contributed by atoms with E-state index in [1.165, 1.54) is 71.1 Å². The van der Waals surface area contributed by atoms with Crippen molar-refractivity contribution in [3.63, 3.8) is 0 Å². The molecule has 0 aliphatic rings. The molecule has 0 saturated carbocycles. The predicted molar refractivity (Wildman–Crippen MR) is 330 cm³/mol. The fraction of sp³-hybridized carbons (Fsp3) is 0.323. The van der Waals surface area contributed by atoms with Crippen LogP contribution in [0, 0.1) is 0 Å². The van der Waals surface area contributed by atoms with Crippen molar-refractivity contribution in [1.29, 1.82) is 0 Å². The van der Waals surface area contributed by atoms with Crippen molar-refractivity contribution in [2.75, 3.05) is 80.5 Å². The van der Waals surface area contributed by atoms with Crippen molar-refractivity contribution in [3.8, 4) is 0 Å². The average molecular weight is 1340 g/mol. The third kappa shape index (κ3) is 29.2. The second kappa shape index (κ2) is 44.9. The van der Waals surface area contributed by atoms with Crippen LogP contribution < -0.4 is 20.4 Å². The standard InChI is InChI=1S/2C20H16N2O2S2.2C8H20N.2C3H7NO.3Ni/c2*23-19(13-7-1-5-11-17(13)25)21-15-9-3-4-10-16(15)22-20(24)14-8-2-6-12-18(14)26;2*1-5-9(6-2,7-3)8-4;2*1-4(2)3-5;;;/h2*1-12,25-26H,(H,21,23)(H,22,24);2*5-8H2,1-4H3;2*3H,1-2H3;;;/q;;2*+1;;;3*+2/p-8. The molecule has 0 N–H and O–H groups in total. The molecule has 0 aromatic heterocycles. The van der Waals surface area contributed by atoms with Gasteiger partial charge in [0.2, 0.25) is 12.8 Å². The molecule has 6 aromatic carbocycles. The van der Waals surface area contributed by atoms with Crippen LogP contribution in [0.3, 0.4) is 0 Å². The van der Waals surface area contributed by atoms with Crippen LogP contribution in [-0.2, 0) is 110 Å². The first-order chi connectivity index (χ1) is 38.1. The maximum atomic E-state index is 12.4. The number of nitrogens with zero attached hydrogens (tertiary/aromatic N) is 8. The summed E-state index contributed by atoms with van der Waals surface area (Å²) in [5.74, 6) is -1.91. The van der Waals surface area contributed by atoms with Crippen LogP contribution in [0.25, 0.3) is 0 Å². The summed E-state index contributed by atoms with van der Waals surface area (Å²) in [5, 5.41) is 49.7. The van der Waals surface area contributed by atoms with E-state index >= 15 is 0 Å². The van der Waals surface area contributed by atoms with Crippen molar-refractivity contribution < 1.29 is 88.5 Å². The molecule has 0 unspecified atom stereocenters. The first kappa shape index (κ1) is 81.6. The number of hydrogen-bond acceptors (Lipinski definition) is 14. The van der Waals surface area contributed by atoms with Crippen LogP contribution in [-0.4, -0.2) is 136 Å². The number of benzene rings is 6. The molecule has 21 heteroatoms. The van der Waals surface area contributed by atoms with Gasteiger partial charge >= 0.3 is 49.5 Å². The summed E-state index contributed by atoms with van der Waals surface area (Å²) < 4.78 is 2.56. The Labute approximate surface area is 547 Å². The number of quaternary nitrogens is 2. The van der Waals surface area contributed by atoms with Gasteiger partial charge in [0.25, 0.3) is 0 Å². The average Bonchev–Trinajstić information content (AvgIpc) is 3.47. The largest absolute Gasteiger partial charge is 2.00 e. The number of rotatable bonds is 18. The maximum Gasteiger partial charge on any atom is 2.00 e. The van der Waals surface area contributed by atoms with Gasteiger partial charge in [-0.3, -0.25) is 29.6 Å². The van der Waals surface area contributed by atoms with Gasteiger partial charge in [-0.1, -0.05) is 121 Å². The van der Waals surface area contributed by atoms with Crippen LogP contribution >= 0.6 is 0 Å². The Bertz CT molecular complexity index is 2530. The second-order valence-corrected chi connectivity index (χ2v) is 19.7. The van der Waals surface area contributed by atoms with Crippen molar-refractivity contribution in [1.82, 2.24) is 9.80 Å². The van der Waals surface area contributed by atoms with Gasteiger partial charge in [-0.25, -0.2) is 0 Å². The molecule has 0 saturated heterocycles. The number of carbonyl (C=O) groups is 2. The van der Waals surface area contributed by atoms with Crippen molar-refractivity contribution >= 4 is 110 Å². The summed E-state index contributed by atoms with van der Waals surface area (Å²) in [6.07, 6.45) is 1.50. The van der Waals surface area contributed by atoms with E-state index in [2.05, 4.69) is 75.4 Å². The minimum absolute atomic E-state index is 0. The van der Waals surface area contributed by atoms with E-state index in [-0.39, 0.29) is 49.5 Å². The maximum absolute atomic E-state index is 12.4. The zero-order valence-corrected chi connectivity index (χ0v) is 55.5. The molecule has 0 bridgehead atoms. The van der Waals surface area contributed by atoms with Gasteiger partial charge in [-0.15, -0.1) is 0 Å². The molecule has 0 spiro atoms. The summed E-state index contributed by atoms with van der Waals surface area (Å²) in [5.41, 5.74) is 2.52. The van der Waals surface area contributed by atoms with Crippen molar-refractivity contribution in [2.45, 2.75) is 75.0 Å².